The molecule has 0 saturated heterocycles. The van der Waals surface area contributed by atoms with Crippen LogP contribution < -0.4 is 0 Å². The fourth-order valence-corrected chi connectivity index (χ4v) is 2.00. The lowest BCUT2D eigenvalue weighted by molar-refractivity contribution is 0.301. The van der Waals surface area contributed by atoms with Crippen molar-refractivity contribution in [1.82, 2.24) is 4.90 Å². The van der Waals surface area contributed by atoms with E-state index in [1.807, 2.05) is 0 Å². The van der Waals surface area contributed by atoms with Gasteiger partial charge in [0.1, 0.15) is 0 Å². The molecule has 1 heteroatoms. The Morgan fingerprint density at radius 3 is 2.62 bits per heavy atom. The van der Waals surface area contributed by atoms with Crippen molar-refractivity contribution in [3.05, 3.63) is 11.8 Å². The van der Waals surface area contributed by atoms with Gasteiger partial charge >= 0.3 is 0 Å². The lowest BCUT2D eigenvalue weighted by Crippen LogP contribution is -2.27. The van der Waals surface area contributed by atoms with Crippen LogP contribution >= 0.6 is 0 Å². The molecule has 1 aliphatic rings. The van der Waals surface area contributed by atoms with E-state index < -0.39 is 0 Å². The molecule has 0 unspecified atom stereocenters. The maximum atomic E-state index is 2.55. The van der Waals surface area contributed by atoms with Crippen LogP contribution in [0.2, 0.25) is 0 Å². The molecule has 0 fully saturated rings. The average molecular weight is 181 g/mol. The molecule has 0 amide bonds. The molecular weight excluding hydrogens is 158 g/mol. The van der Waals surface area contributed by atoms with E-state index in [9.17, 15) is 0 Å². The molecule has 0 atom stereocenters. The molecule has 0 aromatic rings. The van der Waals surface area contributed by atoms with Crippen LogP contribution in [0, 0.1) is 5.92 Å². The van der Waals surface area contributed by atoms with E-state index in [1.165, 1.54) is 38.8 Å². The van der Waals surface area contributed by atoms with Gasteiger partial charge < -0.3 is 4.90 Å². The van der Waals surface area contributed by atoms with Gasteiger partial charge in [-0.1, -0.05) is 19.9 Å². The van der Waals surface area contributed by atoms with Gasteiger partial charge in [0, 0.05) is 18.8 Å². The first-order chi connectivity index (χ1) is 6.24. The molecule has 13 heavy (non-hydrogen) atoms. The van der Waals surface area contributed by atoms with Crippen molar-refractivity contribution in [2.75, 3.05) is 13.1 Å². The molecule has 76 valence electrons. The van der Waals surface area contributed by atoms with Crippen LogP contribution in [0.1, 0.15) is 46.5 Å². The van der Waals surface area contributed by atoms with Crippen LogP contribution in [-0.2, 0) is 0 Å². The number of hydrogen-bond donors (Lipinski definition) is 0. The van der Waals surface area contributed by atoms with Gasteiger partial charge in [-0.3, -0.25) is 0 Å². The fourth-order valence-electron chi connectivity index (χ4n) is 2.00. The minimum absolute atomic E-state index is 0.780. The summed E-state index contributed by atoms with van der Waals surface area (Å²) in [6.45, 7) is 9.25. The summed E-state index contributed by atoms with van der Waals surface area (Å²) in [4.78, 5) is 2.55. The molecule has 0 aromatic carbocycles. The van der Waals surface area contributed by atoms with Crippen LogP contribution in [0.4, 0.5) is 0 Å². The fraction of sp³-hybridized carbons (Fsp3) is 0.833. The molecule has 0 N–H and O–H groups in total. The molecule has 0 saturated carbocycles. The second-order valence-electron chi connectivity index (χ2n) is 4.37. The summed E-state index contributed by atoms with van der Waals surface area (Å²) >= 11 is 0. The number of hydrogen-bond acceptors (Lipinski definition) is 1. The first kappa shape index (κ1) is 10.6. The molecule has 1 rings (SSSR count). The highest BCUT2D eigenvalue weighted by Gasteiger charge is 2.11. The molecular formula is C12H23N. The molecule has 1 aliphatic carbocycles. The van der Waals surface area contributed by atoms with Gasteiger partial charge in [0.05, 0.1) is 0 Å². The van der Waals surface area contributed by atoms with Gasteiger partial charge in [0.2, 0.25) is 0 Å². The Bertz CT molecular complexity index is 170. The summed E-state index contributed by atoms with van der Waals surface area (Å²) < 4.78 is 0. The van der Waals surface area contributed by atoms with E-state index in [0.717, 1.165) is 5.92 Å². The molecule has 0 heterocycles. The quantitative estimate of drug-likeness (QED) is 0.642. The largest absolute Gasteiger partial charge is 0.375 e. The topological polar surface area (TPSA) is 3.24 Å². The summed E-state index contributed by atoms with van der Waals surface area (Å²) in [5.41, 5.74) is 1.60. The Hall–Kier alpha value is -0.460. The molecule has 0 bridgehead atoms. The van der Waals surface area contributed by atoms with Crippen molar-refractivity contribution < 1.29 is 0 Å². The molecule has 0 aromatic heterocycles. The van der Waals surface area contributed by atoms with Gasteiger partial charge in [0.25, 0.3) is 0 Å². The zero-order chi connectivity index (χ0) is 9.68. The minimum Gasteiger partial charge on any atom is -0.375 e. The third-order valence-corrected chi connectivity index (χ3v) is 2.64. The SMILES string of the molecule is CCN(CC(C)C)C1=CCCCC1. The Kier molecular flexibility index (Phi) is 4.34. The first-order valence-corrected chi connectivity index (χ1v) is 5.68. The third kappa shape index (κ3) is 3.41. The lowest BCUT2D eigenvalue weighted by Gasteiger charge is -2.29. The van der Waals surface area contributed by atoms with Crippen LogP contribution in [0.15, 0.2) is 11.8 Å². The van der Waals surface area contributed by atoms with Gasteiger partial charge in [0.15, 0.2) is 0 Å². The van der Waals surface area contributed by atoms with E-state index in [0.29, 0.717) is 0 Å². The number of nitrogens with zero attached hydrogens (tertiary/aromatic N) is 1. The predicted molar refractivity (Wildman–Crippen MR) is 58.6 cm³/mol. The standard InChI is InChI=1S/C12H23N/c1-4-13(10-11(2)3)12-8-6-5-7-9-12/h8,11H,4-7,9-10H2,1-3H3. The first-order valence-electron chi connectivity index (χ1n) is 5.68. The van der Waals surface area contributed by atoms with Crippen molar-refractivity contribution in [2.45, 2.75) is 46.5 Å². The highest BCUT2D eigenvalue weighted by Crippen LogP contribution is 2.21. The van der Waals surface area contributed by atoms with E-state index in [1.54, 1.807) is 5.70 Å². The highest BCUT2D eigenvalue weighted by molar-refractivity contribution is 5.04. The van der Waals surface area contributed by atoms with Gasteiger partial charge in [-0.15, -0.1) is 0 Å². The van der Waals surface area contributed by atoms with Crippen molar-refractivity contribution in [2.24, 2.45) is 5.92 Å². The predicted octanol–water partition coefficient (Wildman–Crippen LogP) is 3.42. The Labute approximate surface area is 82.8 Å². The lowest BCUT2D eigenvalue weighted by atomic mass is 10.0. The third-order valence-electron chi connectivity index (χ3n) is 2.64. The minimum atomic E-state index is 0.780. The highest BCUT2D eigenvalue weighted by atomic mass is 15.1. The molecule has 1 nitrogen and oxygen atoms in total. The summed E-state index contributed by atoms with van der Waals surface area (Å²) in [5, 5.41) is 0. The smallest absolute Gasteiger partial charge is 0.0197 e. The van der Waals surface area contributed by atoms with Crippen LogP contribution in [-0.4, -0.2) is 18.0 Å². The second kappa shape index (κ2) is 5.31. The maximum Gasteiger partial charge on any atom is 0.0197 e. The summed E-state index contributed by atoms with van der Waals surface area (Å²) in [7, 11) is 0. The average Bonchev–Trinajstić information content (AvgIpc) is 2.15. The molecule has 0 aliphatic heterocycles. The Balaban J connectivity index is 2.49. The second-order valence-corrected chi connectivity index (χ2v) is 4.37. The van der Waals surface area contributed by atoms with Gasteiger partial charge in [-0.2, -0.15) is 0 Å². The zero-order valence-electron chi connectivity index (χ0n) is 9.34. The normalized spacial score (nSPS) is 17.4. The van der Waals surface area contributed by atoms with Crippen molar-refractivity contribution in [3.63, 3.8) is 0 Å². The summed E-state index contributed by atoms with van der Waals surface area (Å²) in [6.07, 6.45) is 7.82. The van der Waals surface area contributed by atoms with Crippen molar-refractivity contribution in [3.8, 4) is 0 Å². The Morgan fingerprint density at radius 2 is 2.15 bits per heavy atom. The monoisotopic (exact) mass is 181 g/mol. The zero-order valence-corrected chi connectivity index (χ0v) is 9.34. The van der Waals surface area contributed by atoms with Crippen molar-refractivity contribution in [1.29, 1.82) is 0 Å². The van der Waals surface area contributed by atoms with E-state index >= 15 is 0 Å². The van der Waals surface area contributed by atoms with E-state index in [-0.39, 0.29) is 0 Å². The van der Waals surface area contributed by atoms with Crippen molar-refractivity contribution >= 4 is 0 Å². The van der Waals surface area contributed by atoms with Crippen LogP contribution in [0.3, 0.4) is 0 Å². The summed E-state index contributed by atoms with van der Waals surface area (Å²) in [6, 6.07) is 0. The maximum absolute atomic E-state index is 2.55. The number of rotatable bonds is 4. The van der Waals surface area contributed by atoms with Gasteiger partial charge in [-0.05, 0) is 38.5 Å². The molecule has 0 radical (unpaired) electrons. The summed E-state index contributed by atoms with van der Waals surface area (Å²) in [5.74, 6) is 0.780. The van der Waals surface area contributed by atoms with Crippen LogP contribution in [0.25, 0.3) is 0 Å². The van der Waals surface area contributed by atoms with Crippen LogP contribution in [0.5, 0.6) is 0 Å². The molecule has 0 spiro atoms. The van der Waals surface area contributed by atoms with E-state index in [4.69, 9.17) is 0 Å². The van der Waals surface area contributed by atoms with E-state index in [2.05, 4.69) is 31.7 Å². The Morgan fingerprint density at radius 1 is 1.38 bits per heavy atom. The number of allylic oxidation sites excluding steroid dienone is 2. The van der Waals surface area contributed by atoms with Gasteiger partial charge in [-0.25, -0.2) is 0 Å².